The maximum absolute atomic E-state index is 13.8. The molecule has 27 heavy (non-hydrogen) atoms. The highest BCUT2D eigenvalue weighted by molar-refractivity contribution is 5.82. The minimum atomic E-state index is -2.73. The molecule has 0 aromatic carbocycles. The average molecular weight is 377 g/mol. The monoisotopic (exact) mass is 377 g/mol. The Morgan fingerprint density at radius 3 is 2.56 bits per heavy atom. The molecule has 3 aromatic rings. The van der Waals surface area contributed by atoms with Gasteiger partial charge >= 0.3 is 0 Å². The van der Waals surface area contributed by atoms with E-state index >= 15 is 0 Å². The fourth-order valence-electron chi connectivity index (χ4n) is 2.98. The Balaban J connectivity index is 1.80. The molecule has 1 fully saturated rings. The van der Waals surface area contributed by atoms with Crippen molar-refractivity contribution in [1.82, 2.24) is 40.0 Å². The van der Waals surface area contributed by atoms with Gasteiger partial charge in [0.15, 0.2) is 11.3 Å². The first-order chi connectivity index (χ1) is 12.6. The number of hydrogen-bond acceptors (Lipinski definition) is 7. The van der Waals surface area contributed by atoms with E-state index in [4.69, 9.17) is 0 Å². The summed E-state index contributed by atoms with van der Waals surface area (Å²) in [6, 6.07) is 0. The largest absolute Gasteiger partial charge is 0.348 e. The van der Waals surface area contributed by atoms with Gasteiger partial charge in [-0.25, -0.2) is 18.7 Å². The first-order valence-electron chi connectivity index (χ1n) is 8.72. The SMILES string of the molecule is Cn1nncc1Cn1nc2nc(C(C)(C)C)nc(N3CCC(F)(F)C3)c2n1. The van der Waals surface area contributed by atoms with E-state index in [-0.39, 0.29) is 24.9 Å². The molecular formula is C16H21F2N9. The molecule has 0 amide bonds. The van der Waals surface area contributed by atoms with Crippen LogP contribution in [0.25, 0.3) is 11.2 Å². The van der Waals surface area contributed by atoms with Crippen LogP contribution in [-0.4, -0.2) is 59.0 Å². The average Bonchev–Trinajstić information content (AvgIpc) is 3.25. The molecule has 1 saturated heterocycles. The van der Waals surface area contributed by atoms with Crippen LogP contribution in [0.5, 0.6) is 0 Å². The number of alkyl halides is 2. The lowest BCUT2D eigenvalue weighted by molar-refractivity contribution is 0.0257. The summed E-state index contributed by atoms with van der Waals surface area (Å²) in [6.45, 7) is 6.12. The van der Waals surface area contributed by atoms with Crippen LogP contribution in [0.15, 0.2) is 6.20 Å². The molecule has 0 unspecified atom stereocenters. The van der Waals surface area contributed by atoms with Crippen molar-refractivity contribution < 1.29 is 8.78 Å². The Hall–Kier alpha value is -2.72. The molecule has 9 nitrogen and oxygen atoms in total. The normalized spacial score (nSPS) is 17.2. The standard InChI is InChI=1S/C16H21F2N9/c1-15(2,3)14-20-12-11(13(21-14)26-6-5-16(17,18)9-26)22-27(23-12)8-10-7-19-24-25(10)4/h7H,5-6,8-9H2,1-4H3. The van der Waals surface area contributed by atoms with Crippen LogP contribution in [0.1, 0.15) is 38.7 Å². The molecule has 0 N–H and O–H groups in total. The Labute approximate surface area is 154 Å². The third-order valence-corrected chi connectivity index (χ3v) is 4.52. The third kappa shape index (κ3) is 3.33. The number of rotatable bonds is 3. The minimum Gasteiger partial charge on any atom is -0.348 e. The summed E-state index contributed by atoms with van der Waals surface area (Å²) in [4.78, 5) is 12.2. The van der Waals surface area contributed by atoms with Crippen LogP contribution in [0.4, 0.5) is 14.6 Å². The van der Waals surface area contributed by atoms with E-state index in [1.807, 2.05) is 20.8 Å². The fourth-order valence-corrected chi connectivity index (χ4v) is 2.98. The highest BCUT2D eigenvalue weighted by atomic mass is 19.3. The van der Waals surface area contributed by atoms with E-state index in [1.54, 1.807) is 22.8 Å². The summed E-state index contributed by atoms with van der Waals surface area (Å²) in [6.07, 6.45) is 1.43. The van der Waals surface area contributed by atoms with Gasteiger partial charge in [-0.1, -0.05) is 26.0 Å². The lowest BCUT2D eigenvalue weighted by Crippen LogP contribution is -2.27. The molecule has 3 aromatic heterocycles. The zero-order chi connectivity index (χ0) is 19.4. The number of anilines is 1. The van der Waals surface area contributed by atoms with Crippen LogP contribution in [-0.2, 0) is 19.0 Å². The molecule has 144 valence electrons. The van der Waals surface area contributed by atoms with Gasteiger partial charge in [0.05, 0.1) is 18.4 Å². The second-order valence-electron chi connectivity index (χ2n) is 7.90. The molecule has 0 bridgehead atoms. The summed E-state index contributed by atoms with van der Waals surface area (Å²) < 4.78 is 29.2. The minimum absolute atomic E-state index is 0.196. The van der Waals surface area contributed by atoms with Gasteiger partial charge in [-0.2, -0.15) is 4.80 Å². The maximum Gasteiger partial charge on any atom is 0.266 e. The van der Waals surface area contributed by atoms with E-state index in [0.717, 1.165) is 5.69 Å². The van der Waals surface area contributed by atoms with Gasteiger partial charge in [-0.05, 0) is 0 Å². The van der Waals surface area contributed by atoms with Gasteiger partial charge in [-0.15, -0.1) is 15.3 Å². The first-order valence-corrected chi connectivity index (χ1v) is 8.72. The maximum atomic E-state index is 13.8. The van der Waals surface area contributed by atoms with Crippen LogP contribution >= 0.6 is 0 Å². The van der Waals surface area contributed by atoms with Crippen molar-refractivity contribution in [3.63, 3.8) is 0 Å². The third-order valence-electron chi connectivity index (χ3n) is 4.52. The fraction of sp³-hybridized carbons (Fsp3) is 0.625. The van der Waals surface area contributed by atoms with E-state index in [0.29, 0.717) is 29.4 Å². The van der Waals surface area contributed by atoms with Gasteiger partial charge in [0.2, 0.25) is 5.65 Å². The Kier molecular flexibility index (Phi) is 3.86. The van der Waals surface area contributed by atoms with Crippen LogP contribution in [0.2, 0.25) is 0 Å². The van der Waals surface area contributed by atoms with Crippen molar-refractivity contribution in [1.29, 1.82) is 0 Å². The zero-order valence-electron chi connectivity index (χ0n) is 15.7. The molecule has 0 atom stereocenters. The number of aryl methyl sites for hydroxylation is 1. The molecule has 4 heterocycles. The molecule has 0 saturated carbocycles. The van der Waals surface area contributed by atoms with Crippen molar-refractivity contribution in [3.05, 3.63) is 17.7 Å². The molecule has 4 rings (SSSR count). The highest BCUT2D eigenvalue weighted by Gasteiger charge is 2.40. The van der Waals surface area contributed by atoms with Crippen LogP contribution in [0, 0.1) is 0 Å². The van der Waals surface area contributed by atoms with E-state index < -0.39 is 5.92 Å². The summed E-state index contributed by atoms with van der Waals surface area (Å²) >= 11 is 0. The smallest absolute Gasteiger partial charge is 0.266 e. The zero-order valence-corrected chi connectivity index (χ0v) is 15.7. The van der Waals surface area contributed by atoms with Gasteiger partial charge in [0, 0.05) is 25.4 Å². The van der Waals surface area contributed by atoms with Gasteiger partial charge in [0.1, 0.15) is 12.4 Å². The molecule has 1 aliphatic rings. The summed E-state index contributed by atoms with van der Waals surface area (Å²) in [5, 5.41) is 16.6. The molecule has 0 spiro atoms. The number of halogens is 2. The quantitative estimate of drug-likeness (QED) is 0.684. The van der Waals surface area contributed by atoms with Crippen LogP contribution < -0.4 is 4.90 Å². The van der Waals surface area contributed by atoms with E-state index in [2.05, 4.69) is 30.5 Å². The summed E-state index contributed by atoms with van der Waals surface area (Å²) in [5.74, 6) is -1.76. The van der Waals surface area contributed by atoms with Crippen molar-refractivity contribution in [3.8, 4) is 0 Å². The molecule has 1 aliphatic heterocycles. The second kappa shape index (κ2) is 5.89. The number of hydrogen-bond donors (Lipinski definition) is 0. The van der Waals surface area contributed by atoms with Crippen molar-refractivity contribution in [2.75, 3.05) is 18.0 Å². The highest BCUT2D eigenvalue weighted by Crippen LogP contribution is 2.33. The molecule has 0 radical (unpaired) electrons. The second-order valence-corrected chi connectivity index (χ2v) is 7.90. The molecular weight excluding hydrogens is 356 g/mol. The lowest BCUT2D eigenvalue weighted by Gasteiger charge is -2.21. The van der Waals surface area contributed by atoms with Crippen LogP contribution in [0.3, 0.4) is 0 Å². The van der Waals surface area contributed by atoms with Gasteiger partial charge < -0.3 is 4.90 Å². The van der Waals surface area contributed by atoms with E-state index in [1.165, 1.54) is 4.80 Å². The Morgan fingerprint density at radius 1 is 1.19 bits per heavy atom. The number of aromatic nitrogens is 8. The first kappa shape index (κ1) is 17.7. The van der Waals surface area contributed by atoms with Crippen molar-refractivity contribution >= 4 is 17.0 Å². The number of nitrogens with zero attached hydrogens (tertiary/aromatic N) is 9. The van der Waals surface area contributed by atoms with Crippen molar-refractivity contribution in [2.24, 2.45) is 7.05 Å². The Morgan fingerprint density at radius 2 is 1.96 bits per heavy atom. The molecule has 0 aliphatic carbocycles. The Bertz CT molecular complexity index is 986. The van der Waals surface area contributed by atoms with E-state index in [9.17, 15) is 8.78 Å². The number of fused-ring (bicyclic) bond motifs is 1. The predicted octanol–water partition coefficient (Wildman–Crippen LogP) is 1.54. The van der Waals surface area contributed by atoms with Gasteiger partial charge in [-0.3, -0.25) is 4.68 Å². The molecule has 11 heteroatoms. The predicted molar refractivity (Wildman–Crippen MR) is 93.7 cm³/mol. The summed E-state index contributed by atoms with van der Waals surface area (Å²) in [7, 11) is 1.78. The van der Waals surface area contributed by atoms with Gasteiger partial charge in [0.25, 0.3) is 5.92 Å². The lowest BCUT2D eigenvalue weighted by atomic mass is 9.96. The topological polar surface area (TPSA) is 90.4 Å². The summed E-state index contributed by atoms with van der Waals surface area (Å²) in [5.41, 5.74) is 1.29. The van der Waals surface area contributed by atoms with Crippen molar-refractivity contribution in [2.45, 2.75) is 45.1 Å².